The summed E-state index contributed by atoms with van der Waals surface area (Å²) in [6.07, 6.45) is 3.49. The van der Waals surface area contributed by atoms with Gasteiger partial charge in [-0.25, -0.2) is 0 Å². The van der Waals surface area contributed by atoms with E-state index in [2.05, 4.69) is 33.7 Å². The summed E-state index contributed by atoms with van der Waals surface area (Å²) in [6.45, 7) is 4.86. The highest BCUT2D eigenvalue weighted by Gasteiger charge is 2.18. The molecule has 1 amide bonds. The van der Waals surface area contributed by atoms with Crippen molar-refractivity contribution in [3.8, 4) is 5.75 Å². The van der Waals surface area contributed by atoms with Gasteiger partial charge in [-0.15, -0.1) is 0 Å². The Hall–Kier alpha value is -2.38. The number of likely N-dealkylation sites (tertiary alicyclic amines) is 1. The summed E-state index contributed by atoms with van der Waals surface area (Å²) in [5, 5.41) is 10.9. The minimum absolute atomic E-state index is 0.00748. The lowest BCUT2D eigenvalue weighted by atomic mass is 10.1. The highest BCUT2D eigenvalue weighted by molar-refractivity contribution is 5.90. The second-order valence-electron chi connectivity index (χ2n) is 7.72. The molecule has 0 atom stereocenters. The normalized spacial score (nSPS) is 17.9. The average Bonchev–Trinajstić information content (AvgIpc) is 3.13. The maximum Gasteiger partial charge on any atom is 0.224 e. The van der Waals surface area contributed by atoms with Gasteiger partial charge in [-0.05, 0) is 50.2 Å². The minimum atomic E-state index is 0.00748. The number of nitrogens with one attached hydrogen (secondary N) is 2. The van der Waals surface area contributed by atoms with Crippen molar-refractivity contribution in [2.45, 2.75) is 44.9 Å². The first-order valence-electron chi connectivity index (χ1n) is 10.2. The van der Waals surface area contributed by atoms with Gasteiger partial charge in [0.15, 0.2) is 0 Å². The minimum Gasteiger partial charge on any atom is -0.490 e. The van der Waals surface area contributed by atoms with Crippen LogP contribution in [0.1, 0.15) is 30.7 Å². The molecule has 150 valence electrons. The van der Waals surface area contributed by atoms with Crippen molar-refractivity contribution in [3.05, 3.63) is 41.7 Å². The van der Waals surface area contributed by atoms with Crippen molar-refractivity contribution in [1.82, 2.24) is 20.0 Å². The number of anilines is 1. The van der Waals surface area contributed by atoms with E-state index in [1.54, 1.807) is 0 Å². The van der Waals surface area contributed by atoms with Crippen LogP contribution in [0.3, 0.4) is 0 Å². The monoisotopic (exact) mass is 383 g/mol. The summed E-state index contributed by atoms with van der Waals surface area (Å²) in [6, 6.07) is 9.77. The van der Waals surface area contributed by atoms with E-state index in [1.807, 2.05) is 28.9 Å². The van der Waals surface area contributed by atoms with E-state index in [0.29, 0.717) is 12.8 Å². The molecule has 1 aromatic carbocycles. The molecule has 2 aliphatic rings. The maximum atomic E-state index is 12.3. The molecule has 1 saturated heterocycles. The molecule has 0 bridgehead atoms. The molecule has 0 radical (unpaired) electrons. The number of amides is 1. The van der Waals surface area contributed by atoms with E-state index < -0.39 is 0 Å². The summed E-state index contributed by atoms with van der Waals surface area (Å²) < 4.78 is 8.09. The first-order chi connectivity index (χ1) is 13.7. The molecule has 1 fully saturated rings. The fourth-order valence-corrected chi connectivity index (χ4v) is 3.75. The Morgan fingerprint density at radius 3 is 2.79 bits per heavy atom. The molecule has 28 heavy (non-hydrogen) atoms. The first-order valence-corrected chi connectivity index (χ1v) is 10.2. The van der Waals surface area contributed by atoms with Crippen molar-refractivity contribution < 1.29 is 9.53 Å². The van der Waals surface area contributed by atoms with Crippen molar-refractivity contribution >= 4 is 11.6 Å². The largest absolute Gasteiger partial charge is 0.490 e. The van der Waals surface area contributed by atoms with Crippen LogP contribution in [-0.2, 0) is 24.3 Å². The molecule has 4 rings (SSSR count). The third kappa shape index (κ3) is 4.91. The number of fused-ring (bicyclic) bond motifs is 1. The Bertz CT molecular complexity index is 770. The van der Waals surface area contributed by atoms with Gasteiger partial charge in [0.25, 0.3) is 0 Å². The smallest absolute Gasteiger partial charge is 0.224 e. The molecule has 2 aliphatic heterocycles. The molecular weight excluding hydrogens is 354 g/mol. The molecule has 0 spiro atoms. The van der Waals surface area contributed by atoms with Crippen LogP contribution < -0.4 is 15.4 Å². The number of carbonyl (C=O) groups is 1. The quantitative estimate of drug-likeness (QED) is 0.799. The molecule has 3 heterocycles. The van der Waals surface area contributed by atoms with Crippen molar-refractivity contribution in [2.24, 2.45) is 0 Å². The van der Waals surface area contributed by atoms with Crippen LogP contribution in [0.2, 0.25) is 0 Å². The molecule has 7 heteroatoms. The molecule has 2 N–H and O–H groups in total. The Kier molecular flexibility index (Phi) is 5.92. The molecular formula is C21H29N5O2. The highest BCUT2D eigenvalue weighted by atomic mass is 16.5. The Morgan fingerprint density at radius 2 is 2.04 bits per heavy atom. The van der Waals surface area contributed by atoms with Crippen LogP contribution in [-0.4, -0.2) is 53.4 Å². The van der Waals surface area contributed by atoms with Crippen LogP contribution in [0.25, 0.3) is 0 Å². The van der Waals surface area contributed by atoms with E-state index in [4.69, 9.17) is 4.74 Å². The number of aryl methyl sites for hydroxylation is 1. The third-order valence-corrected chi connectivity index (χ3v) is 5.44. The number of ether oxygens (including phenoxy) is 1. The zero-order valence-electron chi connectivity index (χ0n) is 16.5. The first kappa shape index (κ1) is 19.0. The van der Waals surface area contributed by atoms with E-state index in [0.717, 1.165) is 62.7 Å². The van der Waals surface area contributed by atoms with E-state index in [9.17, 15) is 4.79 Å². The van der Waals surface area contributed by atoms with Crippen molar-refractivity contribution in [2.75, 3.05) is 32.0 Å². The van der Waals surface area contributed by atoms with Crippen LogP contribution >= 0.6 is 0 Å². The summed E-state index contributed by atoms with van der Waals surface area (Å²) in [7, 11) is 2.14. The van der Waals surface area contributed by atoms with Crippen LogP contribution in [0.15, 0.2) is 30.3 Å². The average molecular weight is 383 g/mol. The lowest BCUT2D eigenvalue weighted by Crippen LogP contribution is -2.35. The molecule has 1 aromatic heterocycles. The Balaban J connectivity index is 1.23. The number of rotatable bonds is 6. The zero-order valence-corrected chi connectivity index (χ0v) is 16.5. The lowest BCUT2D eigenvalue weighted by molar-refractivity contribution is -0.116. The van der Waals surface area contributed by atoms with Crippen molar-refractivity contribution in [3.63, 3.8) is 0 Å². The number of nitrogens with zero attached hydrogens (tertiary/aromatic N) is 3. The number of aromatic nitrogens is 2. The van der Waals surface area contributed by atoms with Gasteiger partial charge in [0, 0.05) is 44.7 Å². The van der Waals surface area contributed by atoms with Gasteiger partial charge in [0.2, 0.25) is 5.91 Å². The van der Waals surface area contributed by atoms with Gasteiger partial charge in [-0.2, -0.15) is 5.10 Å². The van der Waals surface area contributed by atoms with Gasteiger partial charge in [0.1, 0.15) is 11.9 Å². The summed E-state index contributed by atoms with van der Waals surface area (Å²) in [5.74, 6) is 0.873. The number of benzene rings is 1. The molecule has 0 saturated carbocycles. The van der Waals surface area contributed by atoms with Gasteiger partial charge >= 0.3 is 0 Å². The number of hydrogen-bond donors (Lipinski definition) is 2. The third-order valence-electron chi connectivity index (χ3n) is 5.44. The predicted octanol–water partition coefficient (Wildman–Crippen LogP) is 2.03. The second kappa shape index (κ2) is 8.75. The Labute approximate surface area is 166 Å². The molecule has 2 aromatic rings. The number of piperidine rings is 1. The fourth-order valence-electron chi connectivity index (χ4n) is 3.75. The van der Waals surface area contributed by atoms with Gasteiger partial charge in [-0.1, -0.05) is 0 Å². The van der Waals surface area contributed by atoms with Gasteiger partial charge in [0.05, 0.1) is 17.9 Å². The van der Waals surface area contributed by atoms with Crippen molar-refractivity contribution in [1.29, 1.82) is 0 Å². The number of hydrogen-bond acceptors (Lipinski definition) is 5. The summed E-state index contributed by atoms with van der Waals surface area (Å²) >= 11 is 0. The topological polar surface area (TPSA) is 71.4 Å². The molecule has 0 aliphatic carbocycles. The van der Waals surface area contributed by atoms with Crippen LogP contribution in [0.5, 0.6) is 5.75 Å². The summed E-state index contributed by atoms with van der Waals surface area (Å²) in [4.78, 5) is 14.6. The molecule has 7 nitrogen and oxygen atoms in total. The summed E-state index contributed by atoms with van der Waals surface area (Å²) in [5.41, 5.74) is 2.98. The maximum absolute atomic E-state index is 12.3. The van der Waals surface area contributed by atoms with E-state index in [-0.39, 0.29) is 12.0 Å². The van der Waals surface area contributed by atoms with Crippen LogP contribution in [0, 0.1) is 0 Å². The lowest BCUT2D eigenvalue weighted by Gasteiger charge is -2.29. The Morgan fingerprint density at radius 1 is 1.25 bits per heavy atom. The molecule has 0 unspecified atom stereocenters. The second-order valence-corrected chi connectivity index (χ2v) is 7.72. The fraction of sp³-hybridized carbons (Fsp3) is 0.524. The zero-order chi connectivity index (χ0) is 19.3. The van der Waals surface area contributed by atoms with E-state index in [1.165, 1.54) is 5.69 Å². The number of carbonyl (C=O) groups excluding carboxylic acids is 1. The van der Waals surface area contributed by atoms with Gasteiger partial charge < -0.3 is 20.3 Å². The van der Waals surface area contributed by atoms with E-state index >= 15 is 0 Å². The highest BCUT2D eigenvalue weighted by Crippen LogP contribution is 2.21. The van der Waals surface area contributed by atoms with Gasteiger partial charge in [-0.3, -0.25) is 9.48 Å². The van der Waals surface area contributed by atoms with Crippen LogP contribution in [0.4, 0.5) is 5.69 Å². The SMILES string of the molecule is CN1CCC(Oc2ccc(NC(=O)CCc3cc4n(n3)CCNC4)cc2)CC1. The predicted molar refractivity (Wildman–Crippen MR) is 108 cm³/mol. The standard InChI is InChI=1S/C21H29N5O2/c1-25-11-8-20(9-12-25)28-19-5-2-16(3-6-19)23-21(27)7-4-17-14-18-15-22-10-13-26(18)24-17/h2-3,5-6,14,20,22H,4,7-13,15H2,1H3,(H,23,27).